The molecule has 1 heterocycles. The Morgan fingerprint density at radius 2 is 1.69 bits per heavy atom. The van der Waals surface area contributed by atoms with Gasteiger partial charge >= 0.3 is 5.97 Å². The summed E-state index contributed by atoms with van der Waals surface area (Å²) in [6.07, 6.45) is 0.291. The average molecular weight is 219 g/mol. The fraction of sp³-hybridized carbons (Fsp3) is 0.182. The van der Waals surface area contributed by atoms with Crippen molar-refractivity contribution >= 4 is 23.5 Å². The number of hydrogen-bond donors (Lipinski definition) is 1. The molecule has 1 saturated heterocycles. The molecule has 0 aliphatic carbocycles. The number of amides is 2. The highest BCUT2D eigenvalue weighted by Crippen LogP contribution is 2.26. The van der Waals surface area contributed by atoms with E-state index in [2.05, 4.69) is 0 Å². The van der Waals surface area contributed by atoms with Gasteiger partial charge in [-0.05, 0) is 12.1 Å². The highest BCUT2D eigenvalue weighted by atomic mass is 16.4. The van der Waals surface area contributed by atoms with Gasteiger partial charge in [0.1, 0.15) is 0 Å². The van der Waals surface area contributed by atoms with Crippen molar-refractivity contribution in [2.75, 3.05) is 4.90 Å². The van der Waals surface area contributed by atoms with Crippen LogP contribution < -0.4 is 4.90 Å². The third-order valence-electron chi connectivity index (χ3n) is 2.43. The van der Waals surface area contributed by atoms with Crippen molar-refractivity contribution in [1.29, 1.82) is 0 Å². The maximum absolute atomic E-state index is 11.5. The minimum Gasteiger partial charge on any atom is -0.478 e. The Balaban J connectivity index is 2.51. The lowest BCUT2D eigenvalue weighted by atomic mass is 10.1. The molecule has 2 rings (SSSR count). The van der Waals surface area contributed by atoms with E-state index in [1.807, 2.05) is 0 Å². The van der Waals surface area contributed by atoms with E-state index in [4.69, 9.17) is 5.11 Å². The zero-order valence-electron chi connectivity index (χ0n) is 8.34. The monoisotopic (exact) mass is 219 g/mol. The van der Waals surface area contributed by atoms with Gasteiger partial charge in [0.15, 0.2) is 0 Å². The zero-order chi connectivity index (χ0) is 11.7. The van der Waals surface area contributed by atoms with Crippen molar-refractivity contribution in [1.82, 2.24) is 0 Å². The maximum atomic E-state index is 11.5. The first-order valence-corrected chi connectivity index (χ1v) is 4.79. The highest BCUT2D eigenvalue weighted by Gasteiger charge is 2.32. The number of carbonyl (C=O) groups excluding carboxylic acids is 2. The second-order valence-electron chi connectivity index (χ2n) is 3.45. The molecule has 0 radical (unpaired) electrons. The summed E-state index contributed by atoms with van der Waals surface area (Å²) in [4.78, 5) is 34.8. The van der Waals surface area contributed by atoms with Crippen LogP contribution in [0.2, 0.25) is 0 Å². The van der Waals surface area contributed by atoms with E-state index in [0.29, 0.717) is 0 Å². The van der Waals surface area contributed by atoms with Crippen LogP contribution in [0.4, 0.5) is 5.69 Å². The average Bonchev–Trinajstić information content (AvgIpc) is 2.58. The fourth-order valence-electron chi connectivity index (χ4n) is 1.69. The van der Waals surface area contributed by atoms with Gasteiger partial charge < -0.3 is 5.11 Å². The summed E-state index contributed by atoms with van der Waals surface area (Å²) in [5.74, 6) is -1.85. The van der Waals surface area contributed by atoms with Gasteiger partial charge in [-0.15, -0.1) is 0 Å². The lowest BCUT2D eigenvalue weighted by Crippen LogP contribution is -2.30. The molecular weight excluding hydrogens is 210 g/mol. The van der Waals surface area contributed by atoms with Crippen molar-refractivity contribution < 1.29 is 19.5 Å². The Hall–Kier alpha value is -2.17. The van der Waals surface area contributed by atoms with Gasteiger partial charge in [-0.2, -0.15) is 0 Å². The SMILES string of the molecule is O=C(O)c1ccccc1N1C(=O)CCC1=O. The van der Waals surface area contributed by atoms with Crippen LogP contribution in [0.25, 0.3) is 0 Å². The van der Waals surface area contributed by atoms with Crippen molar-refractivity contribution in [2.45, 2.75) is 12.8 Å². The number of anilines is 1. The normalized spacial score (nSPS) is 15.6. The van der Waals surface area contributed by atoms with Crippen LogP contribution >= 0.6 is 0 Å². The molecule has 1 aliphatic heterocycles. The Morgan fingerprint density at radius 3 is 2.25 bits per heavy atom. The minimum atomic E-state index is -1.15. The number of imide groups is 1. The molecule has 0 spiro atoms. The van der Waals surface area contributed by atoms with E-state index in [1.165, 1.54) is 12.1 Å². The van der Waals surface area contributed by atoms with Crippen molar-refractivity contribution in [3.05, 3.63) is 29.8 Å². The number of carboxylic acid groups (broad SMARTS) is 1. The van der Waals surface area contributed by atoms with Crippen LogP contribution in [0.1, 0.15) is 23.2 Å². The number of hydrogen-bond acceptors (Lipinski definition) is 3. The van der Waals surface area contributed by atoms with Crippen LogP contribution in [0, 0.1) is 0 Å². The Bertz CT molecular complexity index is 465. The molecule has 0 saturated carbocycles. The number of rotatable bonds is 2. The number of carbonyl (C=O) groups is 3. The Morgan fingerprint density at radius 1 is 1.12 bits per heavy atom. The van der Waals surface area contributed by atoms with Crippen LogP contribution in [0.5, 0.6) is 0 Å². The largest absolute Gasteiger partial charge is 0.478 e. The molecule has 1 aromatic rings. The summed E-state index contributed by atoms with van der Waals surface area (Å²) in [5.41, 5.74) is 0.119. The van der Waals surface area contributed by atoms with Gasteiger partial charge in [0.2, 0.25) is 11.8 Å². The first-order chi connectivity index (χ1) is 7.61. The van der Waals surface area contributed by atoms with Gasteiger partial charge in [0.05, 0.1) is 11.3 Å². The fourth-order valence-corrected chi connectivity index (χ4v) is 1.69. The van der Waals surface area contributed by atoms with Crippen molar-refractivity contribution in [3.63, 3.8) is 0 Å². The first-order valence-electron chi connectivity index (χ1n) is 4.79. The van der Waals surface area contributed by atoms with Crippen LogP contribution in [0.15, 0.2) is 24.3 Å². The molecule has 16 heavy (non-hydrogen) atoms. The lowest BCUT2D eigenvalue weighted by Gasteiger charge is -2.15. The summed E-state index contributed by atoms with van der Waals surface area (Å²) in [6.45, 7) is 0. The second-order valence-corrected chi connectivity index (χ2v) is 3.45. The molecule has 5 heteroatoms. The molecule has 1 fully saturated rings. The topological polar surface area (TPSA) is 74.7 Å². The summed E-state index contributed by atoms with van der Waals surface area (Å²) in [5, 5.41) is 8.95. The summed E-state index contributed by atoms with van der Waals surface area (Å²) < 4.78 is 0. The molecule has 5 nitrogen and oxygen atoms in total. The molecule has 0 atom stereocenters. The van der Waals surface area contributed by atoms with Gasteiger partial charge in [-0.25, -0.2) is 9.69 Å². The smallest absolute Gasteiger partial charge is 0.337 e. The molecule has 1 aliphatic rings. The number of para-hydroxylation sites is 1. The molecule has 82 valence electrons. The lowest BCUT2D eigenvalue weighted by molar-refractivity contribution is -0.121. The third-order valence-corrected chi connectivity index (χ3v) is 2.43. The molecule has 0 bridgehead atoms. The minimum absolute atomic E-state index is 0.0360. The van der Waals surface area contributed by atoms with E-state index in [1.54, 1.807) is 12.1 Å². The van der Waals surface area contributed by atoms with Crippen LogP contribution in [-0.4, -0.2) is 22.9 Å². The molecule has 2 amide bonds. The second kappa shape index (κ2) is 3.77. The summed E-state index contributed by atoms with van der Waals surface area (Å²) in [6, 6.07) is 5.99. The van der Waals surface area contributed by atoms with E-state index in [-0.39, 0.29) is 35.9 Å². The van der Waals surface area contributed by atoms with Gasteiger partial charge in [-0.1, -0.05) is 12.1 Å². The van der Waals surface area contributed by atoms with Crippen LogP contribution in [-0.2, 0) is 9.59 Å². The molecule has 1 aromatic carbocycles. The quantitative estimate of drug-likeness (QED) is 0.754. The standard InChI is InChI=1S/C11H9NO4/c13-9-5-6-10(14)12(9)8-4-2-1-3-7(8)11(15)16/h1-4H,5-6H2,(H,15,16). The van der Waals surface area contributed by atoms with E-state index in [0.717, 1.165) is 4.90 Å². The summed E-state index contributed by atoms with van der Waals surface area (Å²) in [7, 11) is 0. The number of nitrogens with zero attached hydrogens (tertiary/aromatic N) is 1. The zero-order valence-corrected chi connectivity index (χ0v) is 8.34. The Kier molecular flexibility index (Phi) is 2.44. The van der Waals surface area contributed by atoms with Gasteiger partial charge in [-0.3, -0.25) is 9.59 Å². The number of carboxylic acids is 1. The van der Waals surface area contributed by atoms with Gasteiger partial charge in [0.25, 0.3) is 0 Å². The van der Waals surface area contributed by atoms with Crippen LogP contribution in [0.3, 0.4) is 0 Å². The Labute approximate surface area is 91.3 Å². The number of aromatic carboxylic acids is 1. The van der Waals surface area contributed by atoms with Crippen molar-refractivity contribution in [3.8, 4) is 0 Å². The predicted octanol–water partition coefficient (Wildman–Crippen LogP) is 1.04. The summed E-state index contributed by atoms with van der Waals surface area (Å²) >= 11 is 0. The molecular formula is C11H9NO4. The van der Waals surface area contributed by atoms with E-state index < -0.39 is 5.97 Å². The van der Waals surface area contributed by atoms with E-state index in [9.17, 15) is 14.4 Å². The van der Waals surface area contributed by atoms with E-state index >= 15 is 0 Å². The maximum Gasteiger partial charge on any atom is 0.337 e. The van der Waals surface area contributed by atoms with Gasteiger partial charge in [0, 0.05) is 12.8 Å². The number of benzene rings is 1. The highest BCUT2D eigenvalue weighted by molar-refractivity contribution is 6.21. The third kappa shape index (κ3) is 1.56. The predicted molar refractivity (Wildman–Crippen MR) is 55.1 cm³/mol. The molecule has 0 aromatic heterocycles. The molecule has 1 N–H and O–H groups in total. The first kappa shape index (κ1) is 10.4. The van der Waals surface area contributed by atoms with Crippen molar-refractivity contribution in [2.24, 2.45) is 0 Å². The molecule has 0 unspecified atom stereocenters.